The highest BCUT2D eigenvalue weighted by atomic mass is 16.5. The Balaban J connectivity index is 2.32. The lowest BCUT2D eigenvalue weighted by molar-refractivity contribution is 0.190. The molecule has 1 aromatic heterocycles. The summed E-state index contributed by atoms with van der Waals surface area (Å²) in [7, 11) is 0. The average Bonchev–Trinajstić information content (AvgIpc) is 2.52. The van der Waals surface area contributed by atoms with Crippen LogP contribution in [-0.4, -0.2) is 11.1 Å². The summed E-state index contributed by atoms with van der Waals surface area (Å²) < 4.78 is 12.2. The quantitative estimate of drug-likeness (QED) is 0.653. The van der Waals surface area contributed by atoms with Crippen molar-refractivity contribution < 1.29 is 9.47 Å². The molecule has 0 atom stereocenters. The van der Waals surface area contributed by atoms with Gasteiger partial charge in [0.05, 0.1) is 11.8 Å². The zero-order chi connectivity index (χ0) is 17.9. The van der Waals surface area contributed by atoms with Gasteiger partial charge in [0.15, 0.2) is 0 Å². The Labute approximate surface area is 146 Å². The zero-order valence-electron chi connectivity index (χ0n) is 16.0. The van der Waals surface area contributed by atoms with Gasteiger partial charge in [0.2, 0.25) is 5.88 Å². The van der Waals surface area contributed by atoms with Crippen LogP contribution in [0.5, 0.6) is 17.4 Å². The topological polar surface area (TPSA) is 31.4 Å². The van der Waals surface area contributed by atoms with Crippen molar-refractivity contribution in [3.63, 3.8) is 0 Å². The smallest absolute Gasteiger partial charge is 0.222 e. The van der Waals surface area contributed by atoms with Gasteiger partial charge in [-0.1, -0.05) is 31.5 Å². The SMILES string of the molecule is CCC(CC)Oc1cc(C)c(Oc2c(C)cc(C)cc2C)nc1C. The molecule has 0 unspecified atom stereocenters. The van der Waals surface area contributed by atoms with Gasteiger partial charge in [0, 0.05) is 5.56 Å². The molecule has 24 heavy (non-hydrogen) atoms. The molecule has 0 radical (unpaired) electrons. The van der Waals surface area contributed by atoms with E-state index in [0.29, 0.717) is 5.88 Å². The summed E-state index contributed by atoms with van der Waals surface area (Å²) in [5, 5.41) is 0. The van der Waals surface area contributed by atoms with E-state index in [1.807, 2.05) is 19.9 Å². The van der Waals surface area contributed by atoms with Crippen molar-refractivity contribution in [2.45, 2.75) is 67.4 Å². The normalized spacial score (nSPS) is 11.0. The van der Waals surface area contributed by atoms with Gasteiger partial charge < -0.3 is 9.47 Å². The van der Waals surface area contributed by atoms with E-state index in [9.17, 15) is 0 Å². The van der Waals surface area contributed by atoms with Crippen LogP contribution in [0, 0.1) is 34.6 Å². The molecule has 2 rings (SSSR count). The molecule has 0 fully saturated rings. The number of hydrogen-bond acceptors (Lipinski definition) is 3. The van der Waals surface area contributed by atoms with Crippen LogP contribution in [0.1, 0.15) is 54.6 Å². The highest BCUT2D eigenvalue weighted by molar-refractivity contribution is 5.46. The number of ether oxygens (including phenoxy) is 2. The second-order valence-corrected chi connectivity index (χ2v) is 6.58. The first kappa shape index (κ1) is 18.3. The minimum absolute atomic E-state index is 0.234. The van der Waals surface area contributed by atoms with E-state index < -0.39 is 0 Å². The van der Waals surface area contributed by atoms with Crippen LogP contribution in [0.4, 0.5) is 0 Å². The summed E-state index contributed by atoms with van der Waals surface area (Å²) in [6, 6.07) is 6.30. The van der Waals surface area contributed by atoms with Gasteiger partial charge in [-0.2, -0.15) is 0 Å². The standard InChI is InChI=1S/C21H29NO2/c1-8-18(9-2)23-19-12-16(6)21(22-17(19)7)24-20-14(4)10-13(3)11-15(20)5/h10-12,18H,8-9H2,1-7H3. The average molecular weight is 327 g/mol. The summed E-state index contributed by atoms with van der Waals surface area (Å²) in [4.78, 5) is 4.65. The molecule has 0 aliphatic rings. The Morgan fingerprint density at radius 3 is 2.00 bits per heavy atom. The predicted molar refractivity (Wildman–Crippen MR) is 99.4 cm³/mol. The maximum Gasteiger partial charge on any atom is 0.222 e. The number of aromatic nitrogens is 1. The number of benzene rings is 1. The molecular formula is C21H29NO2. The molecule has 130 valence electrons. The third-order valence-corrected chi connectivity index (χ3v) is 4.32. The molecule has 3 heteroatoms. The molecule has 3 nitrogen and oxygen atoms in total. The molecule has 0 amide bonds. The Morgan fingerprint density at radius 2 is 1.46 bits per heavy atom. The van der Waals surface area contributed by atoms with E-state index in [1.54, 1.807) is 0 Å². The fourth-order valence-corrected chi connectivity index (χ4v) is 2.94. The fourth-order valence-electron chi connectivity index (χ4n) is 2.94. The van der Waals surface area contributed by atoms with Crippen LogP contribution in [0.15, 0.2) is 18.2 Å². The number of hydrogen-bond donors (Lipinski definition) is 0. The van der Waals surface area contributed by atoms with Crippen molar-refractivity contribution >= 4 is 0 Å². The van der Waals surface area contributed by atoms with Gasteiger partial charge in [-0.05, 0) is 64.7 Å². The lowest BCUT2D eigenvalue weighted by Crippen LogP contribution is -2.15. The molecule has 0 spiro atoms. The van der Waals surface area contributed by atoms with E-state index >= 15 is 0 Å². The molecule has 0 aliphatic carbocycles. The predicted octanol–water partition coefficient (Wildman–Crippen LogP) is 5.98. The van der Waals surface area contributed by atoms with Crippen LogP contribution in [0.3, 0.4) is 0 Å². The van der Waals surface area contributed by atoms with Crippen molar-refractivity contribution in [2.75, 3.05) is 0 Å². The summed E-state index contributed by atoms with van der Waals surface area (Å²) in [5.74, 6) is 2.40. The largest absolute Gasteiger partial charge is 0.489 e. The molecule has 0 aliphatic heterocycles. The van der Waals surface area contributed by atoms with Gasteiger partial charge in [-0.15, -0.1) is 0 Å². The van der Waals surface area contributed by atoms with Crippen LogP contribution in [-0.2, 0) is 0 Å². The van der Waals surface area contributed by atoms with Crippen LogP contribution < -0.4 is 9.47 Å². The van der Waals surface area contributed by atoms with Crippen molar-refractivity contribution in [1.82, 2.24) is 4.98 Å². The maximum absolute atomic E-state index is 6.15. The Morgan fingerprint density at radius 1 is 0.875 bits per heavy atom. The van der Waals surface area contributed by atoms with E-state index in [0.717, 1.165) is 46.7 Å². The number of nitrogens with zero attached hydrogens (tertiary/aromatic N) is 1. The van der Waals surface area contributed by atoms with E-state index in [-0.39, 0.29) is 6.10 Å². The monoisotopic (exact) mass is 327 g/mol. The molecule has 0 bridgehead atoms. The van der Waals surface area contributed by atoms with Gasteiger partial charge in [-0.3, -0.25) is 0 Å². The molecule has 1 heterocycles. The Kier molecular flexibility index (Phi) is 5.87. The third-order valence-electron chi connectivity index (χ3n) is 4.32. The highest BCUT2D eigenvalue weighted by Crippen LogP contribution is 2.33. The number of rotatable bonds is 6. The Bertz CT molecular complexity index is 695. The maximum atomic E-state index is 6.15. The zero-order valence-corrected chi connectivity index (χ0v) is 16.0. The van der Waals surface area contributed by atoms with Gasteiger partial charge >= 0.3 is 0 Å². The molecule has 1 aromatic carbocycles. The summed E-state index contributed by atoms with van der Waals surface area (Å²) in [6.07, 6.45) is 2.22. The molecule has 2 aromatic rings. The minimum atomic E-state index is 0.234. The molecule has 0 saturated heterocycles. The second kappa shape index (κ2) is 7.69. The highest BCUT2D eigenvalue weighted by Gasteiger charge is 2.14. The first-order chi connectivity index (χ1) is 11.3. The van der Waals surface area contributed by atoms with Crippen molar-refractivity contribution in [3.8, 4) is 17.4 Å². The second-order valence-electron chi connectivity index (χ2n) is 6.58. The molecule has 0 N–H and O–H groups in total. The molecular weight excluding hydrogens is 298 g/mol. The van der Waals surface area contributed by atoms with Gasteiger partial charge in [0.25, 0.3) is 0 Å². The van der Waals surface area contributed by atoms with Crippen molar-refractivity contribution in [1.29, 1.82) is 0 Å². The van der Waals surface area contributed by atoms with Crippen LogP contribution >= 0.6 is 0 Å². The van der Waals surface area contributed by atoms with Crippen LogP contribution in [0.25, 0.3) is 0 Å². The van der Waals surface area contributed by atoms with Gasteiger partial charge in [-0.25, -0.2) is 4.98 Å². The van der Waals surface area contributed by atoms with E-state index in [2.05, 4.69) is 51.7 Å². The summed E-state index contributed by atoms with van der Waals surface area (Å²) >= 11 is 0. The van der Waals surface area contributed by atoms with Crippen molar-refractivity contribution in [3.05, 3.63) is 46.1 Å². The summed E-state index contributed by atoms with van der Waals surface area (Å²) in [5.41, 5.74) is 5.35. The molecule has 0 saturated carbocycles. The third kappa shape index (κ3) is 4.08. The van der Waals surface area contributed by atoms with E-state index in [4.69, 9.17) is 9.47 Å². The van der Waals surface area contributed by atoms with Crippen molar-refractivity contribution in [2.24, 2.45) is 0 Å². The lowest BCUT2D eigenvalue weighted by Gasteiger charge is -2.19. The van der Waals surface area contributed by atoms with E-state index in [1.165, 1.54) is 5.56 Å². The number of pyridine rings is 1. The summed E-state index contributed by atoms with van der Waals surface area (Å²) in [6.45, 7) is 14.5. The Hall–Kier alpha value is -2.03. The van der Waals surface area contributed by atoms with Crippen LogP contribution in [0.2, 0.25) is 0 Å². The first-order valence-corrected chi connectivity index (χ1v) is 8.76. The lowest BCUT2D eigenvalue weighted by atomic mass is 10.1. The number of aryl methyl sites for hydroxylation is 5. The first-order valence-electron chi connectivity index (χ1n) is 8.76. The van der Waals surface area contributed by atoms with Gasteiger partial charge in [0.1, 0.15) is 11.5 Å². The minimum Gasteiger partial charge on any atom is -0.489 e. The fraction of sp³-hybridized carbons (Fsp3) is 0.476.